The van der Waals surface area contributed by atoms with Crippen LogP contribution in [0.3, 0.4) is 0 Å². The van der Waals surface area contributed by atoms with Crippen molar-refractivity contribution >= 4 is 23.3 Å². The largest absolute Gasteiger partial charge is 0.442 e. The van der Waals surface area contributed by atoms with Crippen molar-refractivity contribution in [1.82, 2.24) is 15.1 Å². The van der Waals surface area contributed by atoms with Gasteiger partial charge in [0, 0.05) is 69.6 Å². The molecule has 2 saturated heterocycles. The molecule has 0 amide bonds. The molecule has 1 N–H and O–H groups in total. The fraction of sp³-hybridized carbons (Fsp3) is 0.667. The molecule has 0 bridgehead atoms. The molecule has 1 unspecified atom stereocenters. The molecule has 6 nitrogen and oxygen atoms in total. The third kappa shape index (κ3) is 7.34. The van der Waals surface area contributed by atoms with Gasteiger partial charge >= 0.3 is 18.3 Å². The molecule has 2 aliphatic rings. The second-order valence-electron chi connectivity index (χ2n) is 8.38. The molecule has 3 rings (SSSR count). The number of rotatable bonds is 7. The number of nitrogens with one attached hydrogen (secondary N) is 1. The molecule has 2 heterocycles. The van der Waals surface area contributed by atoms with Crippen LogP contribution >= 0.6 is 11.6 Å². The Bertz CT molecular complexity index is 849. The van der Waals surface area contributed by atoms with Gasteiger partial charge in [0.1, 0.15) is 12.7 Å². The molecule has 1 aromatic rings. The van der Waals surface area contributed by atoms with E-state index in [0.717, 1.165) is 5.69 Å². The monoisotopic (exact) mass is 534 g/mol. The third-order valence-electron chi connectivity index (χ3n) is 5.99. The zero-order chi connectivity index (χ0) is 25.8. The first kappa shape index (κ1) is 27.8. The maximum Gasteiger partial charge on any atom is 0.434 e. The Morgan fingerprint density at radius 1 is 1.09 bits per heavy atom. The summed E-state index contributed by atoms with van der Waals surface area (Å²) in [6.07, 6.45) is -15.8. The highest BCUT2D eigenvalue weighted by Gasteiger charge is 2.60. The van der Waals surface area contributed by atoms with E-state index in [-0.39, 0.29) is 19.6 Å². The van der Waals surface area contributed by atoms with Gasteiger partial charge in [-0.3, -0.25) is 14.6 Å². The normalized spacial score (nSPS) is 20.9. The van der Waals surface area contributed by atoms with E-state index < -0.39 is 37.1 Å². The van der Waals surface area contributed by atoms with Gasteiger partial charge in [0.25, 0.3) is 6.10 Å². The van der Waals surface area contributed by atoms with Gasteiger partial charge in [0.2, 0.25) is 0 Å². The van der Waals surface area contributed by atoms with E-state index >= 15 is 0 Å². The highest BCUT2D eigenvalue weighted by molar-refractivity contribution is 6.30. The Balaban J connectivity index is 1.77. The maximum atomic E-state index is 12.9. The minimum absolute atomic E-state index is 0.0847. The number of nitrogens with zero attached hydrogens (tertiary/aromatic N) is 3. The fourth-order valence-electron chi connectivity index (χ4n) is 4.20. The number of carbonyl (C=O) groups is 1. The molecule has 2 fully saturated rings. The first-order chi connectivity index (χ1) is 16.4. The first-order valence-corrected chi connectivity index (χ1v) is 11.4. The lowest BCUT2D eigenvalue weighted by molar-refractivity contribution is -0.314. The Hall–Kier alpha value is -1.83. The molecule has 0 spiro atoms. The van der Waals surface area contributed by atoms with E-state index in [4.69, 9.17) is 11.6 Å². The lowest BCUT2D eigenvalue weighted by Crippen LogP contribution is -2.57. The highest BCUT2D eigenvalue weighted by Crippen LogP contribution is 2.36. The summed E-state index contributed by atoms with van der Waals surface area (Å²) in [5, 5.41) is 3.26. The first-order valence-electron chi connectivity index (χ1n) is 11.0. The third-order valence-corrected chi connectivity index (χ3v) is 6.22. The lowest BCUT2D eigenvalue weighted by atomic mass is 10.1. The Labute approximate surface area is 202 Å². The number of hydrogen-bond acceptors (Lipinski definition) is 6. The van der Waals surface area contributed by atoms with Crippen molar-refractivity contribution in [2.75, 3.05) is 63.9 Å². The molecule has 35 heavy (non-hydrogen) atoms. The number of esters is 1. The van der Waals surface area contributed by atoms with Crippen molar-refractivity contribution < 1.29 is 40.3 Å². The predicted molar refractivity (Wildman–Crippen MR) is 115 cm³/mol. The maximum absolute atomic E-state index is 12.9. The summed E-state index contributed by atoms with van der Waals surface area (Å²) in [7, 11) is 0. The summed E-state index contributed by atoms with van der Waals surface area (Å²) in [5.74, 6) is -1.60. The average Bonchev–Trinajstić information content (AvgIpc) is 2.78. The standard InChI is InChI=1S/C21H26ClF7N4O2/c22-15-2-1-14(16(11-15)32-9-7-31(5-3-23)8-10-32)13-33-6-4-30-12-17(33)18(34)35-19(20(24,25)26)21(27,28)29/h1-2,11,17,19,30H,3-10,12-13H2. The molecule has 198 valence electrons. The van der Waals surface area contributed by atoms with Crippen LogP contribution in [0.25, 0.3) is 0 Å². The Morgan fingerprint density at radius 2 is 1.74 bits per heavy atom. The summed E-state index contributed by atoms with van der Waals surface area (Å²) in [6, 6.07) is 3.71. The Kier molecular flexibility index (Phi) is 9.11. The van der Waals surface area contributed by atoms with Crippen molar-refractivity contribution in [3.63, 3.8) is 0 Å². The van der Waals surface area contributed by atoms with E-state index in [0.29, 0.717) is 49.9 Å². The molecule has 0 aliphatic carbocycles. The summed E-state index contributed by atoms with van der Waals surface area (Å²) in [6.45, 7) is 2.80. The van der Waals surface area contributed by atoms with E-state index in [2.05, 4.69) is 10.1 Å². The van der Waals surface area contributed by atoms with Gasteiger partial charge in [-0.1, -0.05) is 17.7 Å². The Morgan fingerprint density at radius 3 is 2.34 bits per heavy atom. The van der Waals surface area contributed by atoms with Crippen molar-refractivity contribution in [3.8, 4) is 0 Å². The van der Waals surface area contributed by atoms with Crippen molar-refractivity contribution in [2.24, 2.45) is 0 Å². The van der Waals surface area contributed by atoms with E-state index in [1.807, 2.05) is 9.80 Å². The molecular formula is C21H26ClF7N4O2. The lowest BCUT2D eigenvalue weighted by Gasteiger charge is -2.39. The number of benzene rings is 1. The number of carbonyl (C=O) groups excluding carboxylic acids is 1. The van der Waals surface area contributed by atoms with E-state index in [1.165, 1.54) is 4.90 Å². The van der Waals surface area contributed by atoms with E-state index in [9.17, 15) is 35.5 Å². The molecule has 14 heteroatoms. The van der Waals surface area contributed by atoms with Crippen LogP contribution in [0, 0.1) is 0 Å². The second kappa shape index (κ2) is 11.5. The number of hydrogen-bond donors (Lipinski definition) is 1. The smallest absolute Gasteiger partial charge is 0.434 e. The quantitative estimate of drug-likeness (QED) is 0.428. The number of halogens is 8. The topological polar surface area (TPSA) is 48.1 Å². The molecular weight excluding hydrogens is 509 g/mol. The predicted octanol–water partition coefficient (Wildman–Crippen LogP) is 3.24. The van der Waals surface area contributed by atoms with Gasteiger partial charge in [-0.25, -0.2) is 4.39 Å². The second-order valence-corrected chi connectivity index (χ2v) is 8.82. The van der Waals surface area contributed by atoms with Crippen molar-refractivity contribution in [1.29, 1.82) is 0 Å². The molecule has 1 atom stereocenters. The average molecular weight is 535 g/mol. The molecule has 1 aromatic carbocycles. The van der Waals surface area contributed by atoms with Crippen LogP contribution in [-0.2, 0) is 16.1 Å². The van der Waals surface area contributed by atoms with Crippen LogP contribution in [0.1, 0.15) is 5.56 Å². The summed E-state index contributed by atoms with van der Waals surface area (Å²) in [5.41, 5.74) is 1.45. The SMILES string of the molecule is O=C(OC(C(F)(F)F)C(F)(F)F)C1CNCCN1Cc1ccc(Cl)cc1N1CCN(CCF)CC1. The molecule has 2 aliphatic heterocycles. The van der Waals surface area contributed by atoms with Crippen LogP contribution in [0.5, 0.6) is 0 Å². The van der Waals surface area contributed by atoms with E-state index in [1.54, 1.807) is 18.2 Å². The zero-order valence-electron chi connectivity index (χ0n) is 18.6. The van der Waals surface area contributed by atoms with Crippen LogP contribution < -0.4 is 10.2 Å². The number of alkyl halides is 7. The van der Waals surface area contributed by atoms with Gasteiger partial charge in [-0.05, 0) is 17.7 Å². The minimum atomic E-state index is -5.78. The van der Waals surface area contributed by atoms with Crippen molar-refractivity contribution in [2.45, 2.75) is 31.0 Å². The molecule has 0 radical (unpaired) electrons. The van der Waals surface area contributed by atoms with Crippen LogP contribution in [-0.4, -0.2) is 99.3 Å². The van der Waals surface area contributed by atoms with Gasteiger partial charge in [0.15, 0.2) is 0 Å². The van der Waals surface area contributed by atoms with Gasteiger partial charge in [0.05, 0.1) is 0 Å². The van der Waals surface area contributed by atoms with Crippen molar-refractivity contribution in [3.05, 3.63) is 28.8 Å². The van der Waals surface area contributed by atoms with Crippen LogP contribution in [0.15, 0.2) is 18.2 Å². The zero-order valence-corrected chi connectivity index (χ0v) is 19.4. The summed E-state index contributed by atoms with van der Waals surface area (Å²) < 4.78 is 93.9. The highest BCUT2D eigenvalue weighted by atomic mass is 35.5. The van der Waals surface area contributed by atoms with Crippen LogP contribution in [0.4, 0.5) is 36.4 Å². The number of piperazine rings is 2. The van der Waals surface area contributed by atoms with Gasteiger partial charge < -0.3 is 15.0 Å². The van der Waals surface area contributed by atoms with Gasteiger partial charge in [-0.2, -0.15) is 26.3 Å². The molecule has 0 saturated carbocycles. The summed E-state index contributed by atoms with van der Waals surface area (Å²) >= 11 is 6.18. The summed E-state index contributed by atoms with van der Waals surface area (Å²) in [4.78, 5) is 18.0. The number of anilines is 1. The fourth-order valence-corrected chi connectivity index (χ4v) is 4.36. The minimum Gasteiger partial charge on any atom is -0.442 e. The van der Waals surface area contributed by atoms with Gasteiger partial charge in [-0.15, -0.1) is 0 Å². The molecule has 0 aromatic heterocycles. The number of ether oxygens (including phenoxy) is 1. The van der Waals surface area contributed by atoms with Crippen LogP contribution in [0.2, 0.25) is 5.02 Å².